The Labute approximate surface area is 213 Å². The van der Waals surface area contributed by atoms with E-state index in [0.29, 0.717) is 22.6 Å². The van der Waals surface area contributed by atoms with E-state index in [0.717, 1.165) is 5.56 Å². The van der Waals surface area contributed by atoms with Crippen LogP contribution in [0.3, 0.4) is 0 Å². The zero-order valence-electron chi connectivity index (χ0n) is 19.9. The monoisotopic (exact) mass is 505 g/mol. The molecule has 1 atom stereocenters. The topological polar surface area (TPSA) is 93.1 Å². The number of esters is 1. The van der Waals surface area contributed by atoms with Crippen LogP contribution >= 0.6 is 11.6 Å². The minimum atomic E-state index is -0.902. The molecule has 1 amide bonds. The molecule has 0 saturated carbocycles. The molecule has 1 saturated heterocycles. The molecule has 0 radical (unpaired) electrons. The Balaban J connectivity index is 1.88. The van der Waals surface area contributed by atoms with Crippen LogP contribution in [-0.4, -0.2) is 36.5 Å². The van der Waals surface area contributed by atoms with Gasteiger partial charge in [0.25, 0.3) is 11.7 Å². The first-order chi connectivity index (χ1) is 17.3. The fourth-order valence-corrected chi connectivity index (χ4v) is 4.49. The largest absolute Gasteiger partial charge is 0.507 e. The van der Waals surface area contributed by atoms with Gasteiger partial charge >= 0.3 is 5.97 Å². The Kier molecular flexibility index (Phi) is 7.12. The third-order valence-corrected chi connectivity index (χ3v) is 6.30. The summed E-state index contributed by atoms with van der Waals surface area (Å²) in [5, 5.41) is 11.5. The molecular formula is C28H24ClNO6. The number of aliphatic hydroxyl groups excluding tert-OH is 1. The van der Waals surface area contributed by atoms with Crippen LogP contribution in [-0.2, 0) is 14.3 Å². The van der Waals surface area contributed by atoms with Crippen LogP contribution in [0.4, 0.5) is 5.69 Å². The number of hydrogen-bond donors (Lipinski definition) is 1. The van der Waals surface area contributed by atoms with Crippen molar-refractivity contribution in [1.29, 1.82) is 0 Å². The van der Waals surface area contributed by atoms with Crippen LogP contribution in [0.5, 0.6) is 5.75 Å². The first-order valence-corrected chi connectivity index (χ1v) is 11.6. The van der Waals surface area contributed by atoms with Gasteiger partial charge in [-0.1, -0.05) is 35.9 Å². The number of aryl methyl sites for hydroxylation is 1. The van der Waals surface area contributed by atoms with Crippen molar-refractivity contribution in [2.45, 2.75) is 19.9 Å². The smallest absolute Gasteiger partial charge is 0.338 e. The molecule has 0 aliphatic carbocycles. The minimum Gasteiger partial charge on any atom is -0.507 e. The summed E-state index contributed by atoms with van der Waals surface area (Å²) in [7, 11) is 1.47. The second-order valence-corrected chi connectivity index (χ2v) is 8.55. The van der Waals surface area contributed by atoms with E-state index >= 15 is 0 Å². The normalized spacial score (nSPS) is 16.8. The van der Waals surface area contributed by atoms with Crippen molar-refractivity contribution in [3.05, 3.63) is 99.6 Å². The Bertz CT molecular complexity index is 1380. The van der Waals surface area contributed by atoms with Crippen molar-refractivity contribution in [2.24, 2.45) is 0 Å². The van der Waals surface area contributed by atoms with Crippen molar-refractivity contribution >= 4 is 40.7 Å². The van der Waals surface area contributed by atoms with Gasteiger partial charge in [0.05, 0.1) is 35.9 Å². The number of ketones is 1. The van der Waals surface area contributed by atoms with Gasteiger partial charge in [-0.15, -0.1) is 0 Å². The highest BCUT2D eigenvalue weighted by atomic mass is 35.5. The van der Waals surface area contributed by atoms with E-state index < -0.39 is 23.7 Å². The maximum atomic E-state index is 13.3. The summed E-state index contributed by atoms with van der Waals surface area (Å²) in [4.78, 5) is 40.1. The number of ether oxygens (including phenoxy) is 2. The number of hydrogen-bond acceptors (Lipinski definition) is 6. The van der Waals surface area contributed by atoms with Crippen molar-refractivity contribution in [3.63, 3.8) is 0 Å². The molecule has 1 N–H and O–H groups in total. The zero-order chi connectivity index (χ0) is 26.0. The molecule has 1 heterocycles. The van der Waals surface area contributed by atoms with E-state index in [9.17, 15) is 19.5 Å². The van der Waals surface area contributed by atoms with Gasteiger partial charge in [-0.25, -0.2) is 4.79 Å². The molecule has 184 valence electrons. The van der Waals surface area contributed by atoms with E-state index in [1.54, 1.807) is 43.3 Å². The molecule has 0 spiro atoms. The molecule has 3 aromatic carbocycles. The summed E-state index contributed by atoms with van der Waals surface area (Å²) in [5.41, 5.74) is 2.42. The predicted molar refractivity (Wildman–Crippen MR) is 136 cm³/mol. The van der Waals surface area contributed by atoms with Gasteiger partial charge in [0.2, 0.25) is 0 Å². The van der Waals surface area contributed by atoms with Gasteiger partial charge in [-0.2, -0.15) is 0 Å². The van der Waals surface area contributed by atoms with Gasteiger partial charge in [0.15, 0.2) is 0 Å². The van der Waals surface area contributed by atoms with Crippen LogP contribution in [0.2, 0.25) is 5.02 Å². The third kappa shape index (κ3) is 4.45. The number of Topliss-reactive ketones (excluding diaryl/α,β-unsaturated/α-hetero) is 1. The average Bonchev–Trinajstić information content (AvgIpc) is 3.14. The Morgan fingerprint density at radius 3 is 2.31 bits per heavy atom. The number of amides is 1. The highest BCUT2D eigenvalue weighted by Gasteiger charge is 2.47. The van der Waals surface area contributed by atoms with E-state index in [1.807, 2.05) is 19.1 Å². The number of nitrogens with zero attached hydrogens (tertiary/aromatic N) is 1. The lowest BCUT2D eigenvalue weighted by molar-refractivity contribution is -0.132. The van der Waals surface area contributed by atoms with Crippen molar-refractivity contribution < 1.29 is 29.0 Å². The maximum Gasteiger partial charge on any atom is 0.338 e. The van der Waals surface area contributed by atoms with Crippen LogP contribution in [0.25, 0.3) is 5.76 Å². The molecule has 1 aliphatic heterocycles. The molecule has 1 fully saturated rings. The minimum absolute atomic E-state index is 0.0648. The second kappa shape index (κ2) is 10.3. The highest BCUT2D eigenvalue weighted by molar-refractivity contribution is 6.51. The molecule has 8 heteroatoms. The average molecular weight is 506 g/mol. The number of methoxy groups -OCH3 is 1. The van der Waals surface area contributed by atoms with Crippen molar-refractivity contribution in [1.82, 2.24) is 0 Å². The third-order valence-electron chi connectivity index (χ3n) is 6.01. The lowest BCUT2D eigenvalue weighted by atomic mass is 9.92. The molecule has 7 nitrogen and oxygen atoms in total. The molecule has 0 bridgehead atoms. The summed E-state index contributed by atoms with van der Waals surface area (Å²) in [6, 6.07) is 17.3. The van der Waals surface area contributed by atoms with E-state index in [-0.39, 0.29) is 28.5 Å². The number of aliphatic hydroxyl groups is 1. The van der Waals surface area contributed by atoms with E-state index in [1.165, 1.54) is 30.2 Å². The Morgan fingerprint density at radius 1 is 1.03 bits per heavy atom. The SMILES string of the molecule is CCOC(=O)c1ccc(N2C(=O)C(=O)/C(=C(/O)c3ccc(OC)c(Cl)c3)C2c2ccccc2C)cc1. The molecule has 36 heavy (non-hydrogen) atoms. The number of carbonyl (C=O) groups excluding carboxylic acids is 3. The summed E-state index contributed by atoms with van der Waals surface area (Å²) in [6.07, 6.45) is 0. The number of benzene rings is 3. The van der Waals surface area contributed by atoms with Gasteiger partial charge in [-0.05, 0) is 67.4 Å². The van der Waals surface area contributed by atoms with Crippen LogP contribution in [0.15, 0.2) is 72.3 Å². The standard InChI is InChI=1S/C28H24ClNO6/c1-4-36-28(34)17-9-12-19(13-10-17)30-24(20-8-6-5-7-16(20)2)23(26(32)27(30)33)25(31)18-11-14-22(35-3)21(29)15-18/h5-15,24,31H,4H2,1-3H3/b25-23+. The summed E-state index contributed by atoms with van der Waals surface area (Å²) < 4.78 is 10.2. The number of halogens is 1. The second-order valence-electron chi connectivity index (χ2n) is 8.14. The highest BCUT2D eigenvalue weighted by Crippen LogP contribution is 2.43. The van der Waals surface area contributed by atoms with Gasteiger partial charge in [0, 0.05) is 11.3 Å². The fraction of sp³-hybridized carbons (Fsp3) is 0.179. The Hall–Kier alpha value is -4.10. The van der Waals surface area contributed by atoms with Gasteiger partial charge < -0.3 is 14.6 Å². The number of carbonyl (C=O) groups is 3. The quantitative estimate of drug-likeness (QED) is 0.207. The van der Waals surface area contributed by atoms with Crippen LogP contribution in [0, 0.1) is 6.92 Å². The lowest BCUT2D eigenvalue weighted by Gasteiger charge is -2.26. The van der Waals surface area contributed by atoms with Crippen LogP contribution in [0.1, 0.15) is 40.0 Å². The first kappa shape index (κ1) is 25.0. The van der Waals surface area contributed by atoms with Gasteiger partial charge in [0.1, 0.15) is 11.5 Å². The number of anilines is 1. The Morgan fingerprint density at radius 2 is 1.69 bits per heavy atom. The zero-order valence-corrected chi connectivity index (χ0v) is 20.7. The van der Waals surface area contributed by atoms with E-state index in [4.69, 9.17) is 21.1 Å². The lowest BCUT2D eigenvalue weighted by Crippen LogP contribution is -2.29. The maximum absolute atomic E-state index is 13.3. The number of rotatable bonds is 6. The summed E-state index contributed by atoms with van der Waals surface area (Å²) >= 11 is 6.25. The molecular weight excluding hydrogens is 482 g/mol. The van der Waals surface area contributed by atoms with E-state index in [2.05, 4.69) is 0 Å². The van der Waals surface area contributed by atoms with Crippen molar-refractivity contribution in [3.8, 4) is 5.75 Å². The predicted octanol–water partition coefficient (Wildman–Crippen LogP) is 5.46. The summed E-state index contributed by atoms with van der Waals surface area (Å²) in [5.74, 6) is -2.06. The van der Waals surface area contributed by atoms with Gasteiger partial charge in [-0.3, -0.25) is 14.5 Å². The summed E-state index contributed by atoms with van der Waals surface area (Å²) in [6.45, 7) is 3.81. The van der Waals surface area contributed by atoms with Crippen LogP contribution < -0.4 is 9.64 Å². The molecule has 4 rings (SSSR count). The fourth-order valence-electron chi connectivity index (χ4n) is 4.23. The first-order valence-electron chi connectivity index (χ1n) is 11.3. The van der Waals surface area contributed by atoms with Crippen molar-refractivity contribution in [2.75, 3.05) is 18.6 Å². The molecule has 1 unspecified atom stereocenters. The molecule has 3 aromatic rings. The molecule has 0 aromatic heterocycles. The molecule has 1 aliphatic rings.